The number of nitrogens with two attached hydrogens (primary N) is 2. The average Bonchev–Trinajstić information content (AvgIpc) is 2.41. The zero-order valence-corrected chi connectivity index (χ0v) is 11.8. The van der Waals surface area contributed by atoms with Crippen molar-refractivity contribution < 1.29 is 4.79 Å². The molecule has 0 saturated heterocycles. The van der Waals surface area contributed by atoms with Crippen molar-refractivity contribution in [1.82, 2.24) is 9.97 Å². The lowest BCUT2D eigenvalue weighted by atomic mass is 10.2. The molecule has 0 bridgehead atoms. The van der Waals surface area contributed by atoms with Crippen molar-refractivity contribution in [3.8, 4) is 0 Å². The third kappa shape index (κ3) is 6.67. The Labute approximate surface area is 118 Å². The maximum atomic E-state index is 10.6. The molecule has 0 aliphatic rings. The summed E-state index contributed by atoms with van der Waals surface area (Å²) in [6.45, 7) is 2.72. The molecule has 0 fully saturated rings. The predicted octanol–water partition coefficient (Wildman–Crippen LogP) is 0.811. The van der Waals surface area contributed by atoms with Crippen LogP contribution in [0.3, 0.4) is 0 Å². The number of carbonyl (C=O) groups excluding carboxylic acids is 1. The first-order chi connectivity index (χ1) is 9.61. The Kier molecular flexibility index (Phi) is 7.02. The number of hydrogen-bond acceptors (Lipinski definition) is 4. The van der Waals surface area contributed by atoms with Crippen molar-refractivity contribution in [2.75, 3.05) is 11.9 Å². The summed E-state index contributed by atoms with van der Waals surface area (Å²) in [6.07, 6.45) is 5.29. The summed E-state index contributed by atoms with van der Waals surface area (Å²) in [4.78, 5) is 23.3. The molecular weight excluding hydrogens is 256 g/mol. The molecule has 7 heteroatoms. The number of nitrogens with one attached hydrogen (secondary N) is 1. The fourth-order valence-electron chi connectivity index (χ4n) is 1.57. The number of rotatable bonds is 8. The molecule has 20 heavy (non-hydrogen) atoms. The number of amides is 1. The first-order valence-corrected chi connectivity index (χ1v) is 6.79. The number of aliphatic imine (C=N–C) groups is 1. The van der Waals surface area contributed by atoms with Crippen LogP contribution in [0.5, 0.6) is 0 Å². The Hall–Kier alpha value is -2.18. The van der Waals surface area contributed by atoms with Gasteiger partial charge in [0.25, 0.3) is 0 Å². The number of primary amides is 1. The summed E-state index contributed by atoms with van der Waals surface area (Å²) in [5, 5.41) is 2.93. The highest BCUT2D eigenvalue weighted by molar-refractivity contribution is 5.91. The molecule has 0 aromatic carbocycles. The summed E-state index contributed by atoms with van der Waals surface area (Å²) >= 11 is 0. The highest BCUT2D eigenvalue weighted by atomic mass is 16.1. The number of aryl methyl sites for hydroxylation is 1. The molecule has 1 rings (SSSR count). The molecule has 0 saturated carbocycles. The van der Waals surface area contributed by atoms with Crippen LogP contribution in [0.1, 0.15) is 38.4 Å². The van der Waals surface area contributed by atoms with Crippen LogP contribution < -0.4 is 16.8 Å². The Morgan fingerprint density at radius 1 is 1.40 bits per heavy atom. The molecule has 0 aliphatic carbocycles. The van der Waals surface area contributed by atoms with Crippen LogP contribution in [0, 0.1) is 0 Å². The largest absolute Gasteiger partial charge is 0.370 e. The van der Waals surface area contributed by atoms with Crippen LogP contribution in [0.4, 0.5) is 5.82 Å². The van der Waals surface area contributed by atoms with E-state index in [0.717, 1.165) is 19.3 Å². The van der Waals surface area contributed by atoms with Gasteiger partial charge in [-0.1, -0.05) is 6.92 Å². The van der Waals surface area contributed by atoms with Crippen molar-refractivity contribution in [3.05, 3.63) is 18.1 Å². The Morgan fingerprint density at radius 2 is 2.20 bits per heavy atom. The van der Waals surface area contributed by atoms with Gasteiger partial charge in [0.05, 0.1) is 0 Å². The van der Waals surface area contributed by atoms with Crippen LogP contribution in [0.15, 0.2) is 17.3 Å². The van der Waals surface area contributed by atoms with E-state index in [1.807, 2.05) is 6.92 Å². The molecular formula is C13H22N6O. The predicted molar refractivity (Wildman–Crippen MR) is 79.2 cm³/mol. The van der Waals surface area contributed by atoms with Gasteiger partial charge in [-0.05, 0) is 25.3 Å². The first kappa shape index (κ1) is 15.9. The molecule has 0 unspecified atom stereocenters. The molecule has 7 nitrogen and oxygen atoms in total. The SMILES string of the molecule is CCCN=C(N)Nc1ccnc(CCCCC(N)=O)n1. The zero-order chi connectivity index (χ0) is 14.8. The van der Waals surface area contributed by atoms with Crippen molar-refractivity contribution in [2.45, 2.75) is 39.0 Å². The Bertz CT molecular complexity index is 460. The third-order valence-corrected chi connectivity index (χ3v) is 2.54. The molecule has 1 amide bonds. The van der Waals surface area contributed by atoms with Crippen LogP contribution in [-0.2, 0) is 11.2 Å². The molecule has 0 spiro atoms. The van der Waals surface area contributed by atoms with E-state index in [2.05, 4.69) is 20.3 Å². The van der Waals surface area contributed by atoms with E-state index in [-0.39, 0.29) is 5.91 Å². The summed E-state index contributed by atoms with van der Waals surface area (Å²) in [5.74, 6) is 1.41. The number of carbonyl (C=O) groups is 1. The summed E-state index contributed by atoms with van der Waals surface area (Å²) in [7, 11) is 0. The van der Waals surface area contributed by atoms with E-state index < -0.39 is 0 Å². The van der Waals surface area contributed by atoms with E-state index in [1.54, 1.807) is 12.3 Å². The number of aromatic nitrogens is 2. The topological polar surface area (TPSA) is 119 Å². The van der Waals surface area contributed by atoms with Gasteiger partial charge in [-0.3, -0.25) is 9.79 Å². The maximum absolute atomic E-state index is 10.6. The average molecular weight is 278 g/mol. The number of hydrogen-bond donors (Lipinski definition) is 3. The second-order valence-corrected chi connectivity index (χ2v) is 4.42. The molecule has 1 aromatic rings. The maximum Gasteiger partial charge on any atom is 0.217 e. The molecule has 0 radical (unpaired) electrons. The second-order valence-electron chi connectivity index (χ2n) is 4.42. The smallest absolute Gasteiger partial charge is 0.217 e. The van der Waals surface area contributed by atoms with Crippen LogP contribution in [-0.4, -0.2) is 28.4 Å². The van der Waals surface area contributed by atoms with Crippen molar-refractivity contribution in [3.63, 3.8) is 0 Å². The second kappa shape index (κ2) is 8.84. The fraction of sp³-hybridized carbons (Fsp3) is 0.538. The molecule has 1 aromatic heterocycles. The molecule has 0 aliphatic heterocycles. The van der Waals surface area contributed by atoms with Gasteiger partial charge in [-0.2, -0.15) is 0 Å². The van der Waals surface area contributed by atoms with E-state index in [4.69, 9.17) is 11.5 Å². The lowest BCUT2D eigenvalue weighted by molar-refractivity contribution is -0.118. The summed E-state index contributed by atoms with van der Waals surface area (Å²) in [6, 6.07) is 1.74. The van der Waals surface area contributed by atoms with Gasteiger partial charge in [0.15, 0.2) is 5.96 Å². The van der Waals surface area contributed by atoms with E-state index >= 15 is 0 Å². The number of unbranched alkanes of at least 4 members (excludes halogenated alkanes) is 1. The van der Waals surface area contributed by atoms with E-state index in [1.165, 1.54) is 0 Å². The van der Waals surface area contributed by atoms with Gasteiger partial charge < -0.3 is 16.8 Å². The highest BCUT2D eigenvalue weighted by Crippen LogP contribution is 2.06. The third-order valence-electron chi connectivity index (χ3n) is 2.54. The number of nitrogens with zero attached hydrogens (tertiary/aromatic N) is 3. The highest BCUT2D eigenvalue weighted by Gasteiger charge is 2.02. The van der Waals surface area contributed by atoms with E-state index in [0.29, 0.717) is 37.0 Å². The van der Waals surface area contributed by atoms with Crippen LogP contribution >= 0.6 is 0 Å². The molecule has 110 valence electrons. The van der Waals surface area contributed by atoms with Crippen LogP contribution in [0.25, 0.3) is 0 Å². The van der Waals surface area contributed by atoms with Crippen molar-refractivity contribution >= 4 is 17.7 Å². The van der Waals surface area contributed by atoms with E-state index in [9.17, 15) is 4.79 Å². The van der Waals surface area contributed by atoms with Gasteiger partial charge in [0.2, 0.25) is 5.91 Å². The first-order valence-electron chi connectivity index (χ1n) is 6.79. The standard InChI is InChI=1S/C13H22N6O/c1-2-8-17-13(15)19-12-7-9-16-11(18-12)6-4-3-5-10(14)20/h7,9H,2-6,8H2,1H3,(H2,14,20)(H3,15,16,17,18,19). The minimum atomic E-state index is -0.277. The zero-order valence-electron chi connectivity index (χ0n) is 11.8. The monoisotopic (exact) mass is 278 g/mol. The van der Waals surface area contributed by atoms with Gasteiger partial charge in [-0.25, -0.2) is 9.97 Å². The number of guanidine groups is 1. The fourth-order valence-corrected chi connectivity index (χ4v) is 1.57. The number of anilines is 1. The Morgan fingerprint density at radius 3 is 2.90 bits per heavy atom. The minimum absolute atomic E-state index is 0.277. The van der Waals surface area contributed by atoms with Crippen molar-refractivity contribution in [1.29, 1.82) is 0 Å². The summed E-state index contributed by atoms with van der Waals surface area (Å²) < 4.78 is 0. The lowest BCUT2D eigenvalue weighted by Crippen LogP contribution is -2.23. The Balaban J connectivity index is 2.46. The molecule has 0 atom stereocenters. The van der Waals surface area contributed by atoms with Gasteiger partial charge >= 0.3 is 0 Å². The quantitative estimate of drug-likeness (QED) is 0.369. The van der Waals surface area contributed by atoms with Crippen molar-refractivity contribution in [2.24, 2.45) is 16.5 Å². The summed E-state index contributed by atoms with van der Waals surface area (Å²) in [5.41, 5.74) is 10.8. The van der Waals surface area contributed by atoms with Gasteiger partial charge in [0, 0.05) is 25.6 Å². The normalized spacial score (nSPS) is 11.3. The minimum Gasteiger partial charge on any atom is -0.370 e. The van der Waals surface area contributed by atoms with Crippen LogP contribution in [0.2, 0.25) is 0 Å². The van der Waals surface area contributed by atoms with Gasteiger partial charge in [-0.15, -0.1) is 0 Å². The molecule has 5 N–H and O–H groups in total. The lowest BCUT2D eigenvalue weighted by Gasteiger charge is -2.06. The van der Waals surface area contributed by atoms with Gasteiger partial charge in [0.1, 0.15) is 11.6 Å². The molecule has 1 heterocycles.